The van der Waals surface area contributed by atoms with E-state index in [-0.39, 0.29) is 18.7 Å². The third-order valence-electron chi connectivity index (χ3n) is 3.37. The van der Waals surface area contributed by atoms with E-state index >= 15 is 0 Å². The van der Waals surface area contributed by atoms with Gasteiger partial charge >= 0.3 is 5.97 Å². The van der Waals surface area contributed by atoms with Crippen LogP contribution in [-0.2, 0) is 19.1 Å². The van der Waals surface area contributed by atoms with Crippen LogP contribution in [-0.4, -0.2) is 45.3 Å². The van der Waals surface area contributed by atoms with Gasteiger partial charge in [0.15, 0.2) is 0 Å². The molecular weight excluding hydrogens is 308 g/mol. The molecule has 22 heavy (non-hydrogen) atoms. The van der Waals surface area contributed by atoms with Gasteiger partial charge < -0.3 is 19.7 Å². The van der Waals surface area contributed by atoms with Crippen LogP contribution in [0.25, 0.3) is 0 Å². The SMILES string of the molecule is COC(=O)CCC(=O)Nc1ccc(N2CCOCC2)c(Cl)c1. The van der Waals surface area contributed by atoms with Crippen molar-refractivity contribution < 1.29 is 19.1 Å². The molecule has 1 saturated heterocycles. The molecule has 1 heterocycles. The number of methoxy groups -OCH3 is 1. The molecule has 1 aliphatic rings. The van der Waals surface area contributed by atoms with E-state index in [1.54, 1.807) is 12.1 Å². The van der Waals surface area contributed by atoms with Crippen LogP contribution in [0.4, 0.5) is 11.4 Å². The molecule has 2 rings (SSSR count). The number of nitrogens with zero attached hydrogens (tertiary/aromatic N) is 1. The molecule has 1 aliphatic heterocycles. The number of nitrogens with one attached hydrogen (secondary N) is 1. The molecule has 1 aromatic carbocycles. The number of carbonyl (C=O) groups is 2. The van der Waals surface area contributed by atoms with Gasteiger partial charge in [-0.1, -0.05) is 11.6 Å². The van der Waals surface area contributed by atoms with Gasteiger partial charge in [0.05, 0.1) is 37.5 Å². The quantitative estimate of drug-likeness (QED) is 0.839. The molecule has 120 valence electrons. The number of rotatable bonds is 5. The highest BCUT2D eigenvalue weighted by Gasteiger charge is 2.15. The van der Waals surface area contributed by atoms with E-state index in [0.717, 1.165) is 18.8 Å². The number of halogens is 1. The highest BCUT2D eigenvalue weighted by Crippen LogP contribution is 2.29. The fraction of sp³-hybridized carbons (Fsp3) is 0.467. The molecule has 1 N–H and O–H groups in total. The number of amides is 1. The number of ether oxygens (including phenoxy) is 2. The number of hydrogen-bond acceptors (Lipinski definition) is 5. The van der Waals surface area contributed by atoms with E-state index in [1.165, 1.54) is 7.11 Å². The molecule has 1 aromatic rings. The monoisotopic (exact) mass is 326 g/mol. The maximum atomic E-state index is 11.7. The van der Waals surface area contributed by atoms with E-state index < -0.39 is 5.97 Å². The third-order valence-corrected chi connectivity index (χ3v) is 3.67. The lowest BCUT2D eigenvalue weighted by Crippen LogP contribution is -2.36. The molecule has 0 saturated carbocycles. The van der Waals surface area contributed by atoms with Crippen molar-refractivity contribution in [2.75, 3.05) is 43.6 Å². The standard InChI is InChI=1S/C15H19ClN2O4/c1-21-15(20)5-4-14(19)17-11-2-3-13(12(16)10-11)18-6-8-22-9-7-18/h2-3,10H,4-9H2,1H3,(H,17,19). The number of carbonyl (C=O) groups excluding carboxylic acids is 2. The normalized spacial score (nSPS) is 14.5. The lowest BCUT2D eigenvalue weighted by molar-refractivity contribution is -0.141. The Balaban J connectivity index is 1.94. The molecule has 0 aromatic heterocycles. The van der Waals surface area contributed by atoms with Gasteiger partial charge in [-0.25, -0.2) is 0 Å². The Morgan fingerprint density at radius 2 is 2.05 bits per heavy atom. The molecule has 0 atom stereocenters. The number of anilines is 2. The molecule has 6 nitrogen and oxygen atoms in total. The van der Waals surface area contributed by atoms with Crippen LogP contribution >= 0.6 is 11.6 Å². The average molecular weight is 327 g/mol. The first-order valence-electron chi connectivity index (χ1n) is 7.09. The average Bonchev–Trinajstić information content (AvgIpc) is 2.53. The molecule has 1 amide bonds. The van der Waals surface area contributed by atoms with Crippen LogP contribution in [0.5, 0.6) is 0 Å². The second kappa shape index (κ2) is 8.00. The third kappa shape index (κ3) is 4.61. The van der Waals surface area contributed by atoms with Crippen LogP contribution in [0.1, 0.15) is 12.8 Å². The summed E-state index contributed by atoms with van der Waals surface area (Å²) < 4.78 is 9.81. The van der Waals surface area contributed by atoms with Crippen molar-refractivity contribution >= 4 is 34.9 Å². The van der Waals surface area contributed by atoms with Crippen molar-refractivity contribution in [1.82, 2.24) is 0 Å². The van der Waals surface area contributed by atoms with Gasteiger partial charge in [-0.3, -0.25) is 9.59 Å². The van der Waals surface area contributed by atoms with E-state index in [1.807, 2.05) is 6.07 Å². The van der Waals surface area contributed by atoms with Crippen LogP contribution < -0.4 is 10.2 Å². The molecule has 0 unspecified atom stereocenters. The van der Waals surface area contributed by atoms with Gasteiger partial charge in [0.2, 0.25) is 5.91 Å². The van der Waals surface area contributed by atoms with Crippen LogP contribution in [0.2, 0.25) is 5.02 Å². The molecule has 0 spiro atoms. The Hall–Kier alpha value is -1.79. The highest BCUT2D eigenvalue weighted by atomic mass is 35.5. The first-order chi connectivity index (χ1) is 10.6. The molecule has 7 heteroatoms. The van der Waals surface area contributed by atoms with Crippen LogP contribution in [0.15, 0.2) is 18.2 Å². The summed E-state index contributed by atoms with van der Waals surface area (Å²) in [5.41, 5.74) is 1.54. The summed E-state index contributed by atoms with van der Waals surface area (Å²) in [6.07, 6.45) is 0.136. The van der Waals surface area contributed by atoms with E-state index in [0.29, 0.717) is 23.9 Å². The summed E-state index contributed by atoms with van der Waals surface area (Å²) in [6.45, 7) is 2.96. The largest absolute Gasteiger partial charge is 0.469 e. The zero-order valence-corrected chi connectivity index (χ0v) is 13.2. The Bertz CT molecular complexity index is 544. The van der Waals surface area contributed by atoms with Gasteiger partial charge in [0.1, 0.15) is 0 Å². The van der Waals surface area contributed by atoms with Gasteiger partial charge in [-0.2, -0.15) is 0 Å². The lowest BCUT2D eigenvalue weighted by Gasteiger charge is -2.29. The second-order valence-electron chi connectivity index (χ2n) is 4.89. The Kier molecular flexibility index (Phi) is 6.03. The predicted molar refractivity (Wildman–Crippen MR) is 84.4 cm³/mol. The van der Waals surface area contributed by atoms with Gasteiger partial charge in [-0.05, 0) is 18.2 Å². The first-order valence-corrected chi connectivity index (χ1v) is 7.47. The minimum atomic E-state index is -0.407. The number of benzene rings is 1. The van der Waals surface area contributed by atoms with Crippen molar-refractivity contribution in [1.29, 1.82) is 0 Å². The Labute approximate surface area is 134 Å². The van der Waals surface area contributed by atoms with Crippen molar-refractivity contribution in [2.24, 2.45) is 0 Å². The maximum Gasteiger partial charge on any atom is 0.306 e. The molecule has 0 bridgehead atoms. The van der Waals surface area contributed by atoms with Gasteiger partial charge in [0.25, 0.3) is 0 Å². The highest BCUT2D eigenvalue weighted by molar-refractivity contribution is 6.33. The summed E-state index contributed by atoms with van der Waals surface area (Å²) in [6, 6.07) is 5.39. The summed E-state index contributed by atoms with van der Waals surface area (Å²) in [5.74, 6) is -0.656. The smallest absolute Gasteiger partial charge is 0.306 e. The van der Waals surface area contributed by atoms with Crippen molar-refractivity contribution in [2.45, 2.75) is 12.8 Å². The lowest BCUT2D eigenvalue weighted by atomic mass is 10.2. The molecular formula is C15H19ClN2O4. The van der Waals surface area contributed by atoms with Crippen molar-refractivity contribution in [3.05, 3.63) is 23.2 Å². The van der Waals surface area contributed by atoms with Crippen molar-refractivity contribution in [3.8, 4) is 0 Å². The molecule has 1 fully saturated rings. The molecule has 0 radical (unpaired) electrons. The fourth-order valence-electron chi connectivity index (χ4n) is 2.19. The zero-order valence-electron chi connectivity index (χ0n) is 12.4. The second-order valence-corrected chi connectivity index (χ2v) is 5.30. The number of hydrogen-bond donors (Lipinski definition) is 1. The molecule has 0 aliphatic carbocycles. The summed E-state index contributed by atoms with van der Waals surface area (Å²) in [5, 5.41) is 3.29. The zero-order chi connectivity index (χ0) is 15.9. The topological polar surface area (TPSA) is 67.9 Å². The van der Waals surface area contributed by atoms with E-state index in [4.69, 9.17) is 16.3 Å². The predicted octanol–water partition coefficient (Wildman–Crippen LogP) is 2.07. The van der Waals surface area contributed by atoms with Crippen LogP contribution in [0.3, 0.4) is 0 Å². The maximum absolute atomic E-state index is 11.7. The summed E-state index contributed by atoms with van der Waals surface area (Å²) in [7, 11) is 1.30. The summed E-state index contributed by atoms with van der Waals surface area (Å²) >= 11 is 6.29. The minimum absolute atomic E-state index is 0.0575. The van der Waals surface area contributed by atoms with E-state index in [2.05, 4.69) is 15.0 Å². The minimum Gasteiger partial charge on any atom is -0.469 e. The fourth-order valence-corrected chi connectivity index (χ4v) is 2.49. The number of esters is 1. The van der Waals surface area contributed by atoms with Crippen molar-refractivity contribution in [3.63, 3.8) is 0 Å². The van der Waals surface area contributed by atoms with Gasteiger partial charge in [0, 0.05) is 25.2 Å². The number of morpholine rings is 1. The Morgan fingerprint density at radius 1 is 1.32 bits per heavy atom. The van der Waals surface area contributed by atoms with Gasteiger partial charge in [-0.15, -0.1) is 0 Å². The Morgan fingerprint density at radius 3 is 2.68 bits per heavy atom. The van der Waals surface area contributed by atoms with E-state index in [9.17, 15) is 9.59 Å². The summed E-state index contributed by atoms with van der Waals surface area (Å²) in [4.78, 5) is 24.9. The van der Waals surface area contributed by atoms with Crippen LogP contribution in [0, 0.1) is 0 Å². The first kappa shape index (κ1) is 16.6.